The number of nitrogens with zero attached hydrogens (tertiary/aromatic N) is 6. The summed E-state index contributed by atoms with van der Waals surface area (Å²) in [7, 11) is 1.82. The Labute approximate surface area is 156 Å². The van der Waals surface area contributed by atoms with E-state index in [0.717, 1.165) is 18.7 Å². The molecule has 4 rings (SSSR count). The number of amides is 1. The van der Waals surface area contributed by atoms with Crippen LogP contribution in [0.2, 0.25) is 0 Å². The molecule has 1 aliphatic heterocycles. The number of carbonyl (C=O) groups excluding carboxylic acids is 1. The highest BCUT2D eigenvalue weighted by Crippen LogP contribution is 2.37. The highest BCUT2D eigenvalue weighted by Gasteiger charge is 2.30. The lowest BCUT2D eigenvalue weighted by molar-refractivity contribution is 0.0739. The first-order chi connectivity index (χ1) is 13.0. The van der Waals surface area contributed by atoms with E-state index >= 15 is 0 Å². The fraction of sp³-hybridized carbons (Fsp3) is 0.500. The van der Waals surface area contributed by atoms with Crippen molar-refractivity contribution in [2.24, 2.45) is 7.05 Å². The summed E-state index contributed by atoms with van der Waals surface area (Å²) in [5, 5.41) is 13.7. The summed E-state index contributed by atoms with van der Waals surface area (Å²) in [4.78, 5) is 35.6. The number of nitrogens with one attached hydrogen (secondary N) is 1. The van der Waals surface area contributed by atoms with Crippen molar-refractivity contribution in [1.29, 1.82) is 5.26 Å². The molecule has 2 aliphatic rings. The molecule has 0 unspecified atom stereocenters. The van der Waals surface area contributed by atoms with Crippen molar-refractivity contribution >= 4 is 11.7 Å². The van der Waals surface area contributed by atoms with Crippen molar-refractivity contribution in [3.8, 4) is 6.07 Å². The van der Waals surface area contributed by atoms with E-state index in [4.69, 9.17) is 0 Å². The number of hydrogen-bond donors (Lipinski definition) is 1. The van der Waals surface area contributed by atoms with Crippen molar-refractivity contribution in [3.63, 3.8) is 0 Å². The van der Waals surface area contributed by atoms with Gasteiger partial charge in [-0.3, -0.25) is 14.3 Å². The van der Waals surface area contributed by atoms with Crippen molar-refractivity contribution in [3.05, 3.63) is 39.2 Å². The number of carbonyl (C=O) groups is 1. The quantitative estimate of drug-likeness (QED) is 0.847. The van der Waals surface area contributed by atoms with E-state index in [1.807, 2.05) is 14.0 Å². The number of aromatic nitrogens is 4. The summed E-state index contributed by atoms with van der Waals surface area (Å²) in [6, 6.07) is 3.49. The van der Waals surface area contributed by atoms with E-state index in [9.17, 15) is 14.9 Å². The van der Waals surface area contributed by atoms with Crippen LogP contribution in [0.1, 0.15) is 46.3 Å². The monoisotopic (exact) mass is 367 g/mol. The van der Waals surface area contributed by atoms with Gasteiger partial charge in [-0.05, 0) is 19.8 Å². The Morgan fingerprint density at radius 3 is 2.63 bits per heavy atom. The summed E-state index contributed by atoms with van der Waals surface area (Å²) in [5.41, 5.74) is 1.21. The first-order valence-electron chi connectivity index (χ1n) is 9.07. The molecule has 2 fully saturated rings. The molecule has 0 spiro atoms. The lowest BCUT2D eigenvalue weighted by Crippen LogP contribution is -2.49. The van der Waals surface area contributed by atoms with Crippen LogP contribution >= 0.6 is 0 Å². The maximum Gasteiger partial charge on any atom is 0.272 e. The van der Waals surface area contributed by atoms with E-state index in [-0.39, 0.29) is 23.1 Å². The Hall–Kier alpha value is -3.15. The Morgan fingerprint density at radius 1 is 1.30 bits per heavy atom. The molecule has 1 saturated heterocycles. The normalized spacial score (nSPS) is 17.1. The van der Waals surface area contributed by atoms with Gasteiger partial charge in [0.15, 0.2) is 0 Å². The van der Waals surface area contributed by atoms with E-state index in [2.05, 4.69) is 26.0 Å². The average Bonchev–Trinajstić information content (AvgIpc) is 3.46. The molecule has 1 amide bonds. The number of H-pyrrole nitrogens is 1. The van der Waals surface area contributed by atoms with Gasteiger partial charge in [-0.1, -0.05) is 0 Å². The highest BCUT2D eigenvalue weighted by molar-refractivity contribution is 5.92. The molecule has 2 aromatic rings. The third kappa shape index (κ3) is 3.18. The van der Waals surface area contributed by atoms with Gasteiger partial charge in [0.1, 0.15) is 29.0 Å². The largest absolute Gasteiger partial charge is 0.352 e. The minimum atomic E-state index is -0.280. The first kappa shape index (κ1) is 17.3. The zero-order valence-corrected chi connectivity index (χ0v) is 15.4. The van der Waals surface area contributed by atoms with Crippen LogP contribution in [0.4, 0.5) is 5.82 Å². The van der Waals surface area contributed by atoms with Crippen molar-refractivity contribution in [1.82, 2.24) is 24.6 Å². The van der Waals surface area contributed by atoms with E-state index < -0.39 is 0 Å². The standard InChI is InChI=1S/C18H21N7O2/c1-11-13(10-19)17(23(2)22-11)24-5-7-25(8-6-24)18(27)14-9-15(26)21-16(20-14)12-3-4-12/h9,12H,3-8H2,1-2H3,(H,20,21,26). The molecule has 0 radical (unpaired) electrons. The van der Waals surface area contributed by atoms with E-state index in [0.29, 0.717) is 43.3 Å². The van der Waals surface area contributed by atoms with Gasteiger partial charge < -0.3 is 14.8 Å². The van der Waals surface area contributed by atoms with Gasteiger partial charge in [0.25, 0.3) is 11.5 Å². The minimum Gasteiger partial charge on any atom is -0.352 e. The third-order valence-electron chi connectivity index (χ3n) is 5.11. The molecule has 1 N–H and O–H groups in total. The molecule has 0 aromatic carbocycles. The lowest BCUT2D eigenvalue weighted by Gasteiger charge is -2.35. The fourth-order valence-corrected chi connectivity index (χ4v) is 3.56. The summed E-state index contributed by atoms with van der Waals surface area (Å²) >= 11 is 0. The summed E-state index contributed by atoms with van der Waals surface area (Å²) in [6.07, 6.45) is 2.01. The minimum absolute atomic E-state index is 0.211. The number of aryl methyl sites for hydroxylation is 2. The van der Waals surface area contributed by atoms with Gasteiger partial charge in [0, 0.05) is 45.2 Å². The van der Waals surface area contributed by atoms with Gasteiger partial charge in [-0.2, -0.15) is 10.4 Å². The molecular formula is C18H21N7O2. The lowest BCUT2D eigenvalue weighted by atomic mass is 10.2. The zero-order valence-electron chi connectivity index (χ0n) is 15.4. The molecule has 27 heavy (non-hydrogen) atoms. The molecule has 140 valence electrons. The zero-order chi connectivity index (χ0) is 19.1. The Kier molecular flexibility index (Phi) is 4.18. The molecule has 3 heterocycles. The molecule has 1 saturated carbocycles. The molecule has 9 heteroatoms. The Morgan fingerprint density at radius 2 is 2.00 bits per heavy atom. The molecule has 9 nitrogen and oxygen atoms in total. The van der Waals surface area contributed by atoms with Gasteiger partial charge in [-0.15, -0.1) is 0 Å². The third-order valence-corrected chi connectivity index (χ3v) is 5.11. The second-order valence-corrected chi connectivity index (χ2v) is 7.09. The van der Waals surface area contributed by atoms with Gasteiger partial charge in [0.2, 0.25) is 0 Å². The van der Waals surface area contributed by atoms with Crippen LogP contribution in [0.25, 0.3) is 0 Å². The van der Waals surface area contributed by atoms with Gasteiger partial charge in [-0.25, -0.2) is 4.98 Å². The van der Waals surface area contributed by atoms with Gasteiger partial charge in [0.05, 0.1) is 5.69 Å². The predicted octanol–water partition coefficient (Wildman–Crippen LogP) is 0.523. The molecule has 1 aliphatic carbocycles. The maximum absolute atomic E-state index is 12.8. The molecule has 2 aromatic heterocycles. The number of hydrogen-bond acceptors (Lipinski definition) is 6. The van der Waals surface area contributed by atoms with E-state index in [1.54, 1.807) is 9.58 Å². The Bertz CT molecular complexity index is 988. The smallest absolute Gasteiger partial charge is 0.272 e. The summed E-state index contributed by atoms with van der Waals surface area (Å²) in [5.74, 6) is 1.46. The number of aromatic amines is 1. The van der Waals surface area contributed by atoms with Crippen LogP contribution in [-0.4, -0.2) is 56.7 Å². The van der Waals surface area contributed by atoms with Gasteiger partial charge >= 0.3 is 0 Å². The van der Waals surface area contributed by atoms with Crippen LogP contribution < -0.4 is 10.5 Å². The molecular weight excluding hydrogens is 346 g/mol. The molecule has 0 atom stereocenters. The highest BCUT2D eigenvalue weighted by atomic mass is 16.2. The second-order valence-electron chi connectivity index (χ2n) is 7.09. The first-order valence-corrected chi connectivity index (χ1v) is 9.07. The van der Waals surface area contributed by atoms with Crippen LogP contribution in [0.5, 0.6) is 0 Å². The summed E-state index contributed by atoms with van der Waals surface area (Å²) in [6.45, 7) is 4.01. The Balaban J connectivity index is 1.49. The topological polar surface area (TPSA) is 111 Å². The number of rotatable bonds is 3. The van der Waals surface area contributed by atoms with Crippen LogP contribution in [0.15, 0.2) is 10.9 Å². The van der Waals surface area contributed by atoms with Crippen molar-refractivity contribution in [2.45, 2.75) is 25.7 Å². The number of anilines is 1. The molecule has 0 bridgehead atoms. The average molecular weight is 367 g/mol. The predicted molar refractivity (Wildman–Crippen MR) is 97.6 cm³/mol. The maximum atomic E-state index is 12.8. The van der Waals surface area contributed by atoms with Crippen LogP contribution in [0, 0.1) is 18.3 Å². The number of piperazine rings is 1. The van der Waals surface area contributed by atoms with Crippen LogP contribution in [-0.2, 0) is 7.05 Å². The SMILES string of the molecule is Cc1nn(C)c(N2CCN(C(=O)c3cc(=O)[nH]c(C4CC4)n3)CC2)c1C#N. The fourth-order valence-electron chi connectivity index (χ4n) is 3.56. The van der Waals surface area contributed by atoms with Crippen molar-refractivity contribution < 1.29 is 4.79 Å². The van der Waals surface area contributed by atoms with E-state index in [1.165, 1.54) is 6.07 Å². The van der Waals surface area contributed by atoms with Crippen molar-refractivity contribution in [2.75, 3.05) is 31.1 Å². The second kappa shape index (κ2) is 6.54. The number of nitriles is 1. The summed E-state index contributed by atoms with van der Waals surface area (Å²) < 4.78 is 1.71. The van der Waals surface area contributed by atoms with Crippen LogP contribution in [0.3, 0.4) is 0 Å².